The molecule has 0 radical (unpaired) electrons. The monoisotopic (exact) mass is 450 g/mol. The minimum absolute atomic E-state index is 0.0197. The average Bonchev–Trinajstić information content (AvgIpc) is 3.20. The number of rotatable bonds is 8. The number of nitrogens with one attached hydrogen (secondary N) is 1. The van der Waals surface area contributed by atoms with Gasteiger partial charge in [-0.05, 0) is 43.7 Å². The minimum atomic E-state index is -1.05. The summed E-state index contributed by atoms with van der Waals surface area (Å²) in [4.78, 5) is 29.9. The van der Waals surface area contributed by atoms with Crippen molar-refractivity contribution in [2.24, 2.45) is 16.5 Å². The third kappa shape index (κ3) is 9.72. The third-order valence-electron chi connectivity index (χ3n) is 5.91. The van der Waals surface area contributed by atoms with Gasteiger partial charge in [0.05, 0.1) is 4.88 Å². The van der Waals surface area contributed by atoms with Crippen LogP contribution in [0.1, 0.15) is 104 Å². The van der Waals surface area contributed by atoms with Crippen LogP contribution >= 0.6 is 11.3 Å². The molecular weight excluding hydrogens is 412 g/mol. The van der Waals surface area contributed by atoms with Gasteiger partial charge in [-0.3, -0.25) is 9.79 Å². The molecule has 0 aromatic carbocycles. The summed E-state index contributed by atoms with van der Waals surface area (Å²) >= 11 is 1.51. The van der Waals surface area contributed by atoms with Gasteiger partial charge < -0.3 is 21.9 Å². The standard InChI is InChI=1S/C23H38N4O3S/c24-23(25)26-16-10-13-18(22(29)30)27-21(28)20-15-14-19(31-20)17-11-8-6-4-2-1-3-5-7-9-12-17/h14-15,17-18H,1-13,16H2,(H,27,28)(H,29,30)(H4,24,25,26)/t18-/m0/s1. The summed E-state index contributed by atoms with van der Waals surface area (Å²) in [7, 11) is 0. The number of carbonyl (C=O) groups is 2. The van der Waals surface area contributed by atoms with E-state index in [2.05, 4.69) is 16.4 Å². The Kier molecular flexibility index (Phi) is 11.4. The Bertz CT molecular complexity index is 703. The zero-order chi connectivity index (χ0) is 22.5. The van der Waals surface area contributed by atoms with E-state index < -0.39 is 12.0 Å². The molecule has 0 aliphatic heterocycles. The first-order valence-electron chi connectivity index (χ1n) is 11.7. The molecule has 0 unspecified atom stereocenters. The van der Waals surface area contributed by atoms with E-state index in [0.717, 1.165) is 0 Å². The van der Waals surface area contributed by atoms with Gasteiger partial charge in [-0.15, -0.1) is 11.3 Å². The first-order chi connectivity index (χ1) is 15.0. The van der Waals surface area contributed by atoms with Crippen LogP contribution in [0.15, 0.2) is 17.1 Å². The fourth-order valence-corrected chi connectivity index (χ4v) is 5.21. The highest BCUT2D eigenvalue weighted by atomic mass is 32.1. The Hall–Kier alpha value is -2.09. The van der Waals surface area contributed by atoms with E-state index in [1.54, 1.807) is 0 Å². The predicted octanol–water partition coefficient (Wildman–Crippen LogP) is 4.37. The molecule has 0 spiro atoms. The second kappa shape index (κ2) is 14.1. The van der Waals surface area contributed by atoms with Crippen LogP contribution < -0.4 is 16.8 Å². The van der Waals surface area contributed by atoms with Crippen molar-refractivity contribution in [1.82, 2.24) is 5.32 Å². The Morgan fingerprint density at radius 1 is 1.03 bits per heavy atom. The van der Waals surface area contributed by atoms with E-state index in [9.17, 15) is 14.7 Å². The fraction of sp³-hybridized carbons (Fsp3) is 0.696. The first kappa shape index (κ1) is 25.2. The average molecular weight is 451 g/mol. The van der Waals surface area contributed by atoms with Crippen molar-refractivity contribution < 1.29 is 14.7 Å². The molecule has 8 heteroatoms. The molecule has 1 amide bonds. The van der Waals surface area contributed by atoms with Gasteiger partial charge in [-0.25, -0.2) is 4.79 Å². The van der Waals surface area contributed by atoms with Gasteiger partial charge in [0.1, 0.15) is 6.04 Å². The molecule has 7 nitrogen and oxygen atoms in total. The van der Waals surface area contributed by atoms with Gasteiger partial charge in [0, 0.05) is 11.4 Å². The number of aliphatic imine (C=N–C) groups is 1. The summed E-state index contributed by atoms with van der Waals surface area (Å²) in [5.74, 6) is -0.887. The van der Waals surface area contributed by atoms with E-state index in [1.807, 2.05) is 6.07 Å². The minimum Gasteiger partial charge on any atom is -0.480 e. The molecule has 0 saturated heterocycles. The van der Waals surface area contributed by atoms with Crippen LogP contribution in [0.2, 0.25) is 0 Å². The maximum Gasteiger partial charge on any atom is 0.326 e. The fourth-order valence-electron chi connectivity index (χ4n) is 4.13. The number of aliphatic carboxylic acids is 1. The Morgan fingerprint density at radius 2 is 1.61 bits per heavy atom. The maximum atomic E-state index is 12.7. The lowest BCUT2D eigenvalue weighted by Gasteiger charge is -2.16. The van der Waals surface area contributed by atoms with Crippen molar-refractivity contribution in [1.29, 1.82) is 0 Å². The molecule has 1 aromatic heterocycles. The van der Waals surface area contributed by atoms with Crippen LogP contribution in [0.4, 0.5) is 0 Å². The zero-order valence-electron chi connectivity index (χ0n) is 18.5. The lowest BCUT2D eigenvalue weighted by Crippen LogP contribution is -2.40. The summed E-state index contributed by atoms with van der Waals surface area (Å²) in [6.07, 6.45) is 14.9. The molecule has 6 N–H and O–H groups in total. The molecule has 1 heterocycles. The summed E-state index contributed by atoms with van der Waals surface area (Å²) < 4.78 is 0. The number of nitrogens with zero attached hydrogens (tertiary/aromatic N) is 1. The van der Waals surface area contributed by atoms with Crippen molar-refractivity contribution in [2.45, 2.75) is 95.4 Å². The number of carbonyl (C=O) groups excluding carboxylic acids is 1. The van der Waals surface area contributed by atoms with Crippen LogP contribution in [-0.2, 0) is 4.79 Å². The Morgan fingerprint density at radius 3 is 2.16 bits per heavy atom. The van der Waals surface area contributed by atoms with Gasteiger partial charge >= 0.3 is 5.97 Å². The van der Waals surface area contributed by atoms with E-state index >= 15 is 0 Å². The van der Waals surface area contributed by atoms with Crippen LogP contribution in [0.3, 0.4) is 0 Å². The van der Waals surface area contributed by atoms with E-state index in [0.29, 0.717) is 23.8 Å². The molecular formula is C23H38N4O3S. The van der Waals surface area contributed by atoms with E-state index in [4.69, 9.17) is 11.5 Å². The number of guanidine groups is 1. The molecule has 1 aliphatic rings. The SMILES string of the molecule is NC(N)=NCCC[C@H](NC(=O)c1ccc(C2CCCCCCCCCCC2)s1)C(=O)O. The lowest BCUT2D eigenvalue weighted by atomic mass is 9.92. The van der Waals surface area contributed by atoms with E-state index in [-0.39, 0.29) is 18.3 Å². The number of hydrogen-bond donors (Lipinski definition) is 4. The van der Waals surface area contributed by atoms with Gasteiger partial charge in [0.2, 0.25) is 0 Å². The number of hydrogen-bond acceptors (Lipinski definition) is 4. The molecule has 2 rings (SSSR count). The molecule has 1 atom stereocenters. The van der Waals surface area contributed by atoms with Gasteiger partial charge in [-0.2, -0.15) is 0 Å². The Labute approximate surface area is 189 Å². The molecule has 0 bridgehead atoms. The largest absolute Gasteiger partial charge is 0.480 e. The van der Waals surface area contributed by atoms with Crippen LogP contribution in [0.5, 0.6) is 0 Å². The quantitative estimate of drug-likeness (QED) is 0.265. The summed E-state index contributed by atoms with van der Waals surface area (Å²) in [6, 6.07) is 2.95. The number of amides is 1. The normalized spacial score (nSPS) is 17.7. The van der Waals surface area contributed by atoms with Gasteiger partial charge in [0.15, 0.2) is 5.96 Å². The summed E-state index contributed by atoms with van der Waals surface area (Å²) in [6.45, 7) is 0.340. The molecule has 1 aromatic rings. The first-order valence-corrected chi connectivity index (χ1v) is 12.5. The van der Waals surface area contributed by atoms with Crippen molar-refractivity contribution in [3.05, 3.63) is 21.9 Å². The molecule has 174 valence electrons. The smallest absolute Gasteiger partial charge is 0.326 e. The van der Waals surface area contributed by atoms with Crippen LogP contribution in [0, 0.1) is 0 Å². The topological polar surface area (TPSA) is 131 Å². The van der Waals surface area contributed by atoms with Crippen molar-refractivity contribution >= 4 is 29.2 Å². The summed E-state index contributed by atoms with van der Waals surface area (Å²) in [5.41, 5.74) is 10.6. The molecule has 1 fully saturated rings. The highest BCUT2D eigenvalue weighted by Gasteiger charge is 2.22. The predicted molar refractivity (Wildman–Crippen MR) is 127 cm³/mol. The van der Waals surface area contributed by atoms with Crippen LogP contribution in [-0.4, -0.2) is 35.5 Å². The molecule has 1 saturated carbocycles. The Balaban J connectivity index is 1.93. The number of thiophene rings is 1. The molecule has 1 aliphatic carbocycles. The van der Waals surface area contributed by atoms with Gasteiger partial charge in [-0.1, -0.05) is 57.8 Å². The number of nitrogens with two attached hydrogens (primary N) is 2. The van der Waals surface area contributed by atoms with E-state index in [1.165, 1.54) is 86.8 Å². The lowest BCUT2D eigenvalue weighted by molar-refractivity contribution is -0.139. The number of carboxylic acids is 1. The van der Waals surface area contributed by atoms with Gasteiger partial charge in [0.25, 0.3) is 5.91 Å². The van der Waals surface area contributed by atoms with Crippen molar-refractivity contribution in [2.75, 3.05) is 6.54 Å². The second-order valence-corrected chi connectivity index (χ2v) is 9.59. The zero-order valence-corrected chi connectivity index (χ0v) is 19.3. The molecule has 31 heavy (non-hydrogen) atoms. The van der Waals surface area contributed by atoms with Crippen LogP contribution in [0.25, 0.3) is 0 Å². The maximum absolute atomic E-state index is 12.7. The van der Waals surface area contributed by atoms with Crippen molar-refractivity contribution in [3.63, 3.8) is 0 Å². The summed E-state index contributed by atoms with van der Waals surface area (Å²) in [5, 5.41) is 12.1. The second-order valence-electron chi connectivity index (χ2n) is 8.47. The number of carboxylic acid groups (broad SMARTS) is 1. The highest BCUT2D eigenvalue weighted by Crippen LogP contribution is 2.34. The third-order valence-corrected chi connectivity index (χ3v) is 7.15. The highest BCUT2D eigenvalue weighted by molar-refractivity contribution is 7.14. The van der Waals surface area contributed by atoms with Crippen molar-refractivity contribution in [3.8, 4) is 0 Å².